The molecule has 0 bridgehead atoms. The van der Waals surface area contributed by atoms with Gasteiger partial charge in [0.05, 0.1) is 0 Å². The summed E-state index contributed by atoms with van der Waals surface area (Å²) in [4.78, 5) is 0. The average Bonchev–Trinajstić information content (AvgIpc) is 2.18. The Balaban J connectivity index is 2.71. The Bertz CT molecular complexity index is 278. The Labute approximate surface area is 80.3 Å². The van der Waals surface area contributed by atoms with Crippen LogP contribution in [-0.4, -0.2) is 6.04 Å². The van der Waals surface area contributed by atoms with E-state index in [9.17, 15) is 0 Å². The first-order valence-corrected chi connectivity index (χ1v) is 4.73. The molecule has 70 valence electrons. The molecule has 0 saturated carbocycles. The van der Waals surface area contributed by atoms with E-state index in [1.165, 1.54) is 11.1 Å². The minimum Gasteiger partial charge on any atom is -0.327 e. The lowest BCUT2D eigenvalue weighted by molar-refractivity contribution is 0.646. The van der Waals surface area contributed by atoms with Gasteiger partial charge in [0.25, 0.3) is 0 Å². The molecule has 0 saturated heterocycles. The lowest BCUT2D eigenvalue weighted by Crippen LogP contribution is -2.21. The van der Waals surface area contributed by atoms with E-state index in [0.29, 0.717) is 0 Å². The third-order valence-electron chi connectivity index (χ3n) is 2.21. The van der Waals surface area contributed by atoms with Crippen LogP contribution >= 0.6 is 0 Å². The molecule has 1 unspecified atom stereocenters. The Morgan fingerprint density at radius 3 is 2.92 bits per heavy atom. The summed E-state index contributed by atoms with van der Waals surface area (Å²) in [6.45, 7) is 5.85. The number of nitrogens with two attached hydrogens (primary N) is 1. The van der Waals surface area contributed by atoms with Crippen molar-refractivity contribution in [1.82, 2.24) is 0 Å². The molecule has 1 heteroatoms. The van der Waals surface area contributed by atoms with Crippen molar-refractivity contribution in [3.63, 3.8) is 0 Å². The molecule has 1 nitrogen and oxygen atoms in total. The van der Waals surface area contributed by atoms with Gasteiger partial charge >= 0.3 is 0 Å². The third kappa shape index (κ3) is 3.03. The second kappa shape index (κ2) is 4.83. The van der Waals surface area contributed by atoms with Gasteiger partial charge < -0.3 is 5.73 Å². The SMILES string of the molecule is C=Cc1cccc(CC(N)CC)c1. The number of hydrogen-bond donors (Lipinski definition) is 1. The van der Waals surface area contributed by atoms with Crippen LogP contribution in [0.3, 0.4) is 0 Å². The zero-order valence-electron chi connectivity index (χ0n) is 8.16. The number of rotatable bonds is 4. The molecule has 0 fully saturated rings. The highest BCUT2D eigenvalue weighted by Gasteiger charge is 2.00. The van der Waals surface area contributed by atoms with Crippen LogP contribution in [-0.2, 0) is 6.42 Å². The summed E-state index contributed by atoms with van der Waals surface area (Å²) in [6, 6.07) is 8.63. The first-order chi connectivity index (χ1) is 6.26. The molecule has 13 heavy (non-hydrogen) atoms. The maximum absolute atomic E-state index is 5.87. The standard InChI is InChI=1S/C12H17N/c1-3-10-6-5-7-11(8-10)9-12(13)4-2/h3,5-8,12H,1,4,9,13H2,2H3. The normalized spacial score (nSPS) is 12.5. The van der Waals surface area contributed by atoms with Crippen molar-refractivity contribution in [2.24, 2.45) is 5.73 Å². The largest absolute Gasteiger partial charge is 0.327 e. The Morgan fingerprint density at radius 1 is 1.54 bits per heavy atom. The van der Waals surface area contributed by atoms with Crippen molar-refractivity contribution < 1.29 is 0 Å². The van der Waals surface area contributed by atoms with Gasteiger partial charge in [-0.2, -0.15) is 0 Å². The monoisotopic (exact) mass is 175 g/mol. The molecule has 2 N–H and O–H groups in total. The maximum Gasteiger partial charge on any atom is 0.00767 e. The van der Waals surface area contributed by atoms with Crippen molar-refractivity contribution in [2.75, 3.05) is 0 Å². The Hall–Kier alpha value is -1.08. The predicted octanol–water partition coefficient (Wildman–Crippen LogP) is 2.61. The maximum atomic E-state index is 5.87. The summed E-state index contributed by atoms with van der Waals surface area (Å²) < 4.78 is 0. The molecule has 0 aromatic heterocycles. The van der Waals surface area contributed by atoms with E-state index < -0.39 is 0 Å². The molecule has 0 aliphatic rings. The van der Waals surface area contributed by atoms with Gasteiger partial charge in [-0.15, -0.1) is 0 Å². The molecule has 0 spiro atoms. The van der Waals surface area contributed by atoms with E-state index in [1.54, 1.807) is 0 Å². The van der Waals surface area contributed by atoms with Gasteiger partial charge in [0.1, 0.15) is 0 Å². The van der Waals surface area contributed by atoms with Crippen molar-refractivity contribution in [2.45, 2.75) is 25.8 Å². The predicted molar refractivity (Wildman–Crippen MR) is 58.5 cm³/mol. The van der Waals surface area contributed by atoms with Crippen LogP contribution in [0.1, 0.15) is 24.5 Å². The summed E-state index contributed by atoms with van der Waals surface area (Å²) in [5.74, 6) is 0. The van der Waals surface area contributed by atoms with Gasteiger partial charge in [0, 0.05) is 6.04 Å². The van der Waals surface area contributed by atoms with Gasteiger partial charge in [0.2, 0.25) is 0 Å². The molecule has 0 aliphatic carbocycles. The van der Waals surface area contributed by atoms with E-state index in [4.69, 9.17) is 5.73 Å². The van der Waals surface area contributed by atoms with E-state index in [-0.39, 0.29) is 6.04 Å². The van der Waals surface area contributed by atoms with E-state index in [0.717, 1.165) is 12.8 Å². The van der Waals surface area contributed by atoms with Crippen molar-refractivity contribution in [3.05, 3.63) is 42.0 Å². The molecule has 0 aliphatic heterocycles. The highest BCUT2D eigenvalue weighted by Crippen LogP contribution is 2.08. The number of hydrogen-bond acceptors (Lipinski definition) is 1. The second-order valence-corrected chi connectivity index (χ2v) is 3.32. The first-order valence-electron chi connectivity index (χ1n) is 4.73. The van der Waals surface area contributed by atoms with Crippen molar-refractivity contribution >= 4 is 6.08 Å². The Kier molecular flexibility index (Phi) is 3.71. The van der Waals surface area contributed by atoms with Gasteiger partial charge in [-0.25, -0.2) is 0 Å². The summed E-state index contributed by atoms with van der Waals surface area (Å²) in [7, 11) is 0. The minimum atomic E-state index is 0.278. The molecule has 1 aromatic carbocycles. The average molecular weight is 175 g/mol. The highest BCUT2D eigenvalue weighted by atomic mass is 14.6. The van der Waals surface area contributed by atoms with Gasteiger partial charge in [0.15, 0.2) is 0 Å². The van der Waals surface area contributed by atoms with Crippen molar-refractivity contribution in [1.29, 1.82) is 0 Å². The van der Waals surface area contributed by atoms with Crippen LogP contribution in [0.5, 0.6) is 0 Å². The van der Waals surface area contributed by atoms with Crippen molar-refractivity contribution in [3.8, 4) is 0 Å². The van der Waals surface area contributed by atoms with Crippen LogP contribution < -0.4 is 5.73 Å². The molecular weight excluding hydrogens is 158 g/mol. The van der Waals surface area contributed by atoms with Gasteiger partial charge in [-0.1, -0.05) is 43.8 Å². The molecule has 0 radical (unpaired) electrons. The molecule has 1 atom stereocenters. The fourth-order valence-electron chi connectivity index (χ4n) is 1.29. The first kappa shape index (κ1) is 10.0. The fraction of sp³-hybridized carbons (Fsp3) is 0.333. The summed E-state index contributed by atoms with van der Waals surface area (Å²) in [6.07, 6.45) is 3.84. The fourth-order valence-corrected chi connectivity index (χ4v) is 1.29. The quantitative estimate of drug-likeness (QED) is 0.748. The summed E-state index contributed by atoms with van der Waals surface area (Å²) in [5, 5.41) is 0. The lowest BCUT2D eigenvalue weighted by atomic mass is 10.0. The molecule has 1 aromatic rings. The smallest absolute Gasteiger partial charge is 0.00767 e. The molecule has 0 heterocycles. The van der Waals surface area contributed by atoms with E-state index in [2.05, 4.69) is 31.7 Å². The zero-order chi connectivity index (χ0) is 9.68. The van der Waals surface area contributed by atoms with Crippen LogP contribution in [0.25, 0.3) is 6.08 Å². The second-order valence-electron chi connectivity index (χ2n) is 3.32. The summed E-state index contributed by atoms with van der Waals surface area (Å²) >= 11 is 0. The molecule has 0 amide bonds. The van der Waals surface area contributed by atoms with Crippen LogP contribution in [0.2, 0.25) is 0 Å². The van der Waals surface area contributed by atoms with E-state index >= 15 is 0 Å². The van der Waals surface area contributed by atoms with E-state index in [1.807, 2.05) is 12.1 Å². The van der Waals surface area contributed by atoms with Crippen LogP contribution in [0.4, 0.5) is 0 Å². The van der Waals surface area contributed by atoms with Crippen LogP contribution in [0, 0.1) is 0 Å². The zero-order valence-corrected chi connectivity index (χ0v) is 8.16. The topological polar surface area (TPSA) is 26.0 Å². The third-order valence-corrected chi connectivity index (χ3v) is 2.21. The molecule has 1 rings (SSSR count). The lowest BCUT2D eigenvalue weighted by Gasteiger charge is -2.08. The van der Waals surface area contributed by atoms with Gasteiger partial charge in [-0.3, -0.25) is 0 Å². The molecular formula is C12H17N. The number of benzene rings is 1. The minimum absolute atomic E-state index is 0.278. The Morgan fingerprint density at radius 2 is 2.31 bits per heavy atom. The highest BCUT2D eigenvalue weighted by molar-refractivity contribution is 5.47. The summed E-state index contributed by atoms with van der Waals surface area (Å²) in [5.41, 5.74) is 8.34. The van der Waals surface area contributed by atoms with Gasteiger partial charge in [-0.05, 0) is 24.0 Å². The van der Waals surface area contributed by atoms with Crippen LogP contribution in [0.15, 0.2) is 30.8 Å².